The molecule has 0 aromatic carbocycles. The highest BCUT2D eigenvalue weighted by molar-refractivity contribution is 9.10. The van der Waals surface area contributed by atoms with Gasteiger partial charge in [0.2, 0.25) is 5.91 Å². The number of aromatic nitrogens is 1. The Balaban J connectivity index is 1.70. The van der Waals surface area contributed by atoms with E-state index in [1.54, 1.807) is 6.07 Å². The van der Waals surface area contributed by atoms with Crippen LogP contribution in [0.25, 0.3) is 0 Å². The molecule has 1 fully saturated rings. The van der Waals surface area contributed by atoms with E-state index in [-0.39, 0.29) is 29.4 Å². The van der Waals surface area contributed by atoms with E-state index in [1.165, 1.54) is 24.3 Å². The summed E-state index contributed by atoms with van der Waals surface area (Å²) in [4.78, 5) is 38.4. The van der Waals surface area contributed by atoms with Gasteiger partial charge in [0.1, 0.15) is 6.04 Å². The number of ketones is 1. The van der Waals surface area contributed by atoms with Crippen LogP contribution in [-0.2, 0) is 19.6 Å². The lowest BCUT2D eigenvalue weighted by molar-refractivity contribution is -0.646. The number of hydrogen-bond donors (Lipinski definition) is 2. The van der Waals surface area contributed by atoms with Gasteiger partial charge in [-0.05, 0) is 59.3 Å². The quantitative estimate of drug-likeness (QED) is 0.359. The van der Waals surface area contributed by atoms with E-state index in [4.69, 9.17) is 4.42 Å². The number of nitrogens with zero attached hydrogens (tertiary/aromatic N) is 2. The molecule has 2 N–H and O–H groups in total. The van der Waals surface area contributed by atoms with Crippen molar-refractivity contribution in [3.05, 3.63) is 52.2 Å². The first-order valence-electron chi connectivity index (χ1n) is 11.1. The van der Waals surface area contributed by atoms with Gasteiger partial charge >= 0.3 is 15.0 Å². The summed E-state index contributed by atoms with van der Waals surface area (Å²) < 4.78 is 32.7. The molecule has 0 spiro atoms. The van der Waals surface area contributed by atoms with Crippen LogP contribution in [0.15, 0.2) is 50.6 Å². The van der Waals surface area contributed by atoms with Crippen LogP contribution < -0.4 is 15.4 Å². The average molecular weight is 571 g/mol. The van der Waals surface area contributed by atoms with Gasteiger partial charge < -0.3 is 20.3 Å². The minimum Gasteiger partial charge on any atom is -0.618 e. The van der Waals surface area contributed by atoms with E-state index in [1.807, 2.05) is 13.8 Å². The lowest BCUT2D eigenvalue weighted by Crippen LogP contribution is -2.52. The number of Topliss-reactive ketones (excluding diaryl/α,β-unsaturated/α-hetero) is 1. The van der Waals surface area contributed by atoms with Crippen LogP contribution in [0.1, 0.15) is 43.7 Å². The number of rotatable bonds is 8. The first-order valence-corrected chi connectivity index (χ1v) is 13.3. The molecule has 3 heterocycles. The molecule has 13 heteroatoms. The van der Waals surface area contributed by atoms with Crippen molar-refractivity contribution in [2.24, 2.45) is 5.92 Å². The van der Waals surface area contributed by atoms with Gasteiger partial charge in [-0.15, -0.1) is 0 Å². The van der Waals surface area contributed by atoms with E-state index in [2.05, 4.69) is 26.6 Å². The summed E-state index contributed by atoms with van der Waals surface area (Å²) in [5, 5.41) is 16.8. The van der Waals surface area contributed by atoms with Gasteiger partial charge in [0.15, 0.2) is 22.4 Å². The topological polar surface area (TPSA) is 153 Å². The Morgan fingerprint density at radius 3 is 2.66 bits per heavy atom. The third-order valence-corrected chi connectivity index (χ3v) is 7.72. The molecular formula is C22H27BrN4O7S. The molecule has 1 aliphatic heterocycles. The number of hydrogen-bond acceptors (Lipinski definition) is 7. The molecule has 0 bridgehead atoms. The molecule has 0 unspecified atom stereocenters. The highest BCUT2D eigenvalue weighted by Crippen LogP contribution is 2.18. The van der Waals surface area contributed by atoms with Crippen LogP contribution in [0.4, 0.5) is 0 Å². The molecule has 2 amide bonds. The largest absolute Gasteiger partial charge is 0.618 e. The monoisotopic (exact) mass is 570 g/mol. The number of furan rings is 1. The summed E-state index contributed by atoms with van der Waals surface area (Å²) in [6, 6.07) is 5.17. The Morgan fingerprint density at radius 2 is 2.03 bits per heavy atom. The summed E-state index contributed by atoms with van der Waals surface area (Å²) in [5.41, 5.74) is 0. The lowest BCUT2D eigenvalue weighted by atomic mass is 10.0. The summed E-state index contributed by atoms with van der Waals surface area (Å²) in [7, 11) is -4.20. The first-order chi connectivity index (χ1) is 16.5. The van der Waals surface area contributed by atoms with Crippen LogP contribution in [0.2, 0.25) is 0 Å². The van der Waals surface area contributed by atoms with Crippen LogP contribution >= 0.6 is 15.9 Å². The highest BCUT2D eigenvalue weighted by atomic mass is 79.9. The molecule has 2 atom stereocenters. The maximum Gasteiger partial charge on any atom is 0.323 e. The maximum absolute atomic E-state index is 13.0. The fourth-order valence-corrected chi connectivity index (χ4v) is 5.52. The van der Waals surface area contributed by atoms with Gasteiger partial charge in [-0.2, -0.15) is 9.04 Å². The van der Waals surface area contributed by atoms with Crippen LogP contribution in [0.3, 0.4) is 0 Å². The molecule has 2 aromatic heterocycles. The van der Waals surface area contributed by atoms with Crippen molar-refractivity contribution in [3.8, 4) is 0 Å². The number of pyridine rings is 1. The summed E-state index contributed by atoms with van der Waals surface area (Å²) >= 11 is 3.12. The third kappa shape index (κ3) is 6.67. The van der Waals surface area contributed by atoms with Crippen molar-refractivity contribution < 1.29 is 31.9 Å². The smallest absolute Gasteiger partial charge is 0.323 e. The second kappa shape index (κ2) is 11.3. The van der Waals surface area contributed by atoms with Crippen molar-refractivity contribution in [1.29, 1.82) is 0 Å². The van der Waals surface area contributed by atoms with Crippen molar-refractivity contribution in [1.82, 2.24) is 14.9 Å². The van der Waals surface area contributed by atoms with Gasteiger partial charge in [-0.3, -0.25) is 14.4 Å². The Bertz CT molecular complexity index is 1200. The van der Waals surface area contributed by atoms with E-state index >= 15 is 0 Å². The maximum atomic E-state index is 13.0. The van der Waals surface area contributed by atoms with Crippen molar-refractivity contribution in [3.63, 3.8) is 0 Å². The fourth-order valence-electron chi connectivity index (χ4n) is 3.74. The first kappa shape index (κ1) is 26.8. The molecule has 0 saturated carbocycles. The Morgan fingerprint density at radius 1 is 1.29 bits per heavy atom. The molecular weight excluding hydrogens is 544 g/mol. The normalized spacial score (nSPS) is 18.2. The number of carbonyl (C=O) groups excluding carboxylic acids is 3. The summed E-state index contributed by atoms with van der Waals surface area (Å²) in [6.07, 6.45) is 1.90. The molecule has 11 nitrogen and oxygen atoms in total. The molecule has 190 valence electrons. The van der Waals surface area contributed by atoms with Crippen molar-refractivity contribution >= 4 is 43.6 Å². The molecule has 0 aliphatic carbocycles. The number of halogens is 1. The van der Waals surface area contributed by atoms with Crippen molar-refractivity contribution in [2.75, 3.05) is 13.1 Å². The minimum atomic E-state index is -4.20. The van der Waals surface area contributed by atoms with Crippen LogP contribution in [0, 0.1) is 11.1 Å². The SMILES string of the molecule is CC(C)C[C@@H](NC(=O)c1ccc(Br)o1)C(=O)N[C@@H]1CCCN(S(=O)(=O)c2cccc[n+]2[O-])CC1=O. The predicted molar refractivity (Wildman–Crippen MR) is 127 cm³/mol. The molecule has 35 heavy (non-hydrogen) atoms. The predicted octanol–water partition coefficient (Wildman–Crippen LogP) is 1.36. The van der Waals surface area contributed by atoms with E-state index in [0.717, 1.165) is 10.5 Å². The van der Waals surface area contributed by atoms with Gasteiger partial charge in [0.05, 0.1) is 12.6 Å². The lowest BCUT2D eigenvalue weighted by Gasteiger charge is -2.23. The van der Waals surface area contributed by atoms with E-state index < -0.39 is 51.3 Å². The summed E-state index contributed by atoms with van der Waals surface area (Å²) in [6.45, 7) is 3.32. The van der Waals surface area contributed by atoms with Crippen LogP contribution in [-0.4, -0.2) is 55.5 Å². The molecule has 2 aromatic rings. The zero-order valence-corrected chi connectivity index (χ0v) is 21.7. The average Bonchev–Trinajstić information content (AvgIpc) is 3.14. The zero-order valence-electron chi connectivity index (χ0n) is 19.3. The number of sulfonamides is 1. The fraction of sp³-hybridized carbons (Fsp3) is 0.455. The van der Waals surface area contributed by atoms with E-state index in [0.29, 0.717) is 17.5 Å². The number of carbonyl (C=O) groups is 3. The number of amides is 2. The second-order valence-corrected chi connectivity index (χ2v) is 11.3. The third-order valence-electron chi connectivity index (χ3n) is 5.46. The molecule has 1 aliphatic rings. The van der Waals surface area contributed by atoms with Gasteiger partial charge in [-0.25, -0.2) is 8.42 Å². The standard InChI is InChI=1S/C22H27BrN4O7S/c1-14(2)12-16(25-22(30)18-8-9-19(23)34-18)21(29)24-15-6-5-10-26(13-17(15)28)35(32,33)20-7-3-4-11-27(20)31/h3-4,7-9,11,14-16H,5-6,10,12-13H2,1-2H3,(H,24,29)(H,25,30)/t15-,16-/m1/s1. The molecule has 3 rings (SSSR count). The second-order valence-electron chi connectivity index (χ2n) is 8.63. The number of nitrogens with one attached hydrogen (secondary N) is 2. The Hall–Kier alpha value is -2.77. The minimum absolute atomic E-state index is 0.0227. The summed E-state index contributed by atoms with van der Waals surface area (Å²) in [5.74, 6) is -1.54. The molecule has 0 radical (unpaired) electrons. The van der Waals surface area contributed by atoms with Gasteiger partial charge in [0, 0.05) is 18.7 Å². The van der Waals surface area contributed by atoms with E-state index in [9.17, 15) is 28.0 Å². The molecule has 1 saturated heterocycles. The Kier molecular flexibility index (Phi) is 8.67. The zero-order chi connectivity index (χ0) is 25.8. The van der Waals surface area contributed by atoms with Crippen molar-refractivity contribution in [2.45, 2.75) is 50.2 Å². The van der Waals surface area contributed by atoms with Gasteiger partial charge in [-0.1, -0.05) is 13.8 Å². The highest BCUT2D eigenvalue weighted by Gasteiger charge is 2.37. The Labute approximate surface area is 211 Å². The van der Waals surface area contributed by atoms with Crippen LogP contribution in [0.5, 0.6) is 0 Å². The van der Waals surface area contributed by atoms with Gasteiger partial charge in [0.25, 0.3) is 5.91 Å².